The number of allylic oxidation sites excluding steroid dienone is 1. The molecule has 0 radical (unpaired) electrons. The molecule has 0 heterocycles. The van der Waals surface area contributed by atoms with Gasteiger partial charge in [-0.05, 0) is 6.08 Å². The van der Waals surface area contributed by atoms with Gasteiger partial charge in [0.05, 0.1) is 12.1 Å². The van der Waals surface area contributed by atoms with E-state index in [4.69, 9.17) is 10.5 Å². The Bertz CT molecular complexity index is 216. The minimum Gasteiger partial charge on any atom is -0.197 e. The maximum atomic E-state index is 11.6. The van der Waals surface area contributed by atoms with E-state index in [9.17, 15) is 8.78 Å². The van der Waals surface area contributed by atoms with Gasteiger partial charge in [0.15, 0.2) is 0 Å². The fourth-order valence-electron chi connectivity index (χ4n) is 0.559. The van der Waals surface area contributed by atoms with Crippen LogP contribution in [0.1, 0.15) is 6.92 Å². The highest BCUT2D eigenvalue weighted by molar-refractivity contribution is 5.07. The summed E-state index contributed by atoms with van der Waals surface area (Å²) >= 11 is 0. The summed E-state index contributed by atoms with van der Waals surface area (Å²) in [5.74, 6) is -1.70. The molecule has 0 rings (SSSR count). The topological polar surface area (TPSA) is 47.6 Å². The van der Waals surface area contributed by atoms with E-state index in [0.717, 1.165) is 0 Å². The lowest BCUT2D eigenvalue weighted by Gasteiger charge is -2.02. The molecule has 0 aliphatic rings. The monoisotopic (exact) mass is 156 g/mol. The van der Waals surface area contributed by atoms with Crippen molar-refractivity contribution in [1.29, 1.82) is 10.5 Å². The maximum Gasteiger partial charge on any atom is 0.266 e. The largest absolute Gasteiger partial charge is 0.266 e. The summed E-state index contributed by atoms with van der Waals surface area (Å²) in [7, 11) is 0. The van der Waals surface area contributed by atoms with Crippen molar-refractivity contribution in [2.75, 3.05) is 0 Å². The molecule has 0 saturated carbocycles. The van der Waals surface area contributed by atoms with E-state index in [1.54, 1.807) is 12.1 Å². The van der Waals surface area contributed by atoms with E-state index in [1.807, 2.05) is 0 Å². The van der Waals surface area contributed by atoms with Crippen molar-refractivity contribution in [2.45, 2.75) is 6.92 Å². The first kappa shape index (κ1) is 9.58. The van der Waals surface area contributed by atoms with Crippen LogP contribution in [0.3, 0.4) is 0 Å². The SMILES string of the molecule is CC(C=C(F)F)C(C#N)C#N. The van der Waals surface area contributed by atoms with Crippen molar-refractivity contribution in [2.24, 2.45) is 11.8 Å². The van der Waals surface area contributed by atoms with Crippen LogP contribution < -0.4 is 0 Å². The van der Waals surface area contributed by atoms with Crippen molar-refractivity contribution >= 4 is 0 Å². The van der Waals surface area contributed by atoms with E-state index in [1.165, 1.54) is 6.92 Å². The molecule has 1 atom stereocenters. The fraction of sp³-hybridized carbons (Fsp3) is 0.429. The van der Waals surface area contributed by atoms with Gasteiger partial charge < -0.3 is 0 Å². The molecular weight excluding hydrogens is 150 g/mol. The van der Waals surface area contributed by atoms with Gasteiger partial charge in [-0.15, -0.1) is 0 Å². The molecule has 0 aliphatic carbocycles. The zero-order valence-electron chi connectivity index (χ0n) is 5.88. The third-order valence-corrected chi connectivity index (χ3v) is 1.19. The zero-order chi connectivity index (χ0) is 8.85. The number of nitrogens with zero attached hydrogens (tertiary/aromatic N) is 2. The molecule has 1 unspecified atom stereocenters. The molecule has 4 heteroatoms. The average Bonchev–Trinajstić information content (AvgIpc) is 1.88. The molecular formula is C7H6F2N2. The molecule has 0 spiro atoms. The van der Waals surface area contributed by atoms with Crippen LogP contribution in [0.15, 0.2) is 12.2 Å². The van der Waals surface area contributed by atoms with E-state index in [0.29, 0.717) is 6.08 Å². The standard InChI is InChI=1S/C7H6F2N2/c1-5(2-7(8)9)6(3-10)4-11/h2,5-6H,1H3. The summed E-state index contributed by atoms with van der Waals surface area (Å²) in [5, 5.41) is 16.5. The quantitative estimate of drug-likeness (QED) is 0.614. The van der Waals surface area contributed by atoms with Gasteiger partial charge in [0.2, 0.25) is 0 Å². The number of nitriles is 2. The van der Waals surface area contributed by atoms with Crippen molar-refractivity contribution in [3.63, 3.8) is 0 Å². The van der Waals surface area contributed by atoms with Crippen LogP contribution in [0, 0.1) is 34.5 Å². The number of hydrogen-bond acceptors (Lipinski definition) is 2. The molecule has 0 amide bonds. The van der Waals surface area contributed by atoms with Crippen LogP contribution in [0.2, 0.25) is 0 Å². The van der Waals surface area contributed by atoms with Gasteiger partial charge in [0.25, 0.3) is 6.08 Å². The summed E-state index contributed by atoms with van der Waals surface area (Å²) in [6, 6.07) is 3.24. The molecule has 0 aromatic rings. The Morgan fingerprint density at radius 2 is 1.82 bits per heavy atom. The maximum absolute atomic E-state index is 11.6. The first-order valence-corrected chi connectivity index (χ1v) is 2.94. The van der Waals surface area contributed by atoms with E-state index >= 15 is 0 Å². The van der Waals surface area contributed by atoms with Crippen LogP contribution in [0.25, 0.3) is 0 Å². The Hall–Kier alpha value is -1.42. The lowest BCUT2D eigenvalue weighted by atomic mass is 9.97. The van der Waals surface area contributed by atoms with Gasteiger partial charge >= 0.3 is 0 Å². The molecule has 0 aliphatic heterocycles. The lowest BCUT2D eigenvalue weighted by molar-refractivity contribution is 0.407. The van der Waals surface area contributed by atoms with Crippen molar-refractivity contribution in [1.82, 2.24) is 0 Å². The van der Waals surface area contributed by atoms with Gasteiger partial charge in [-0.1, -0.05) is 6.92 Å². The molecule has 0 aromatic heterocycles. The zero-order valence-corrected chi connectivity index (χ0v) is 5.88. The van der Waals surface area contributed by atoms with Crippen molar-refractivity contribution in [3.8, 4) is 12.1 Å². The second-order valence-electron chi connectivity index (χ2n) is 2.05. The number of hydrogen-bond donors (Lipinski definition) is 0. The van der Waals surface area contributed by atoms with Gasteiger partial charge in [0, 0.05) is 5.92 Å². The first-order valence-electron chi connectivity index (χ1n) is 2.94. The van der Waals surface area contributed by atoms with Gasteiger partial charge in [-0.25, -0.2) is 0 Å². The van der Waals surface area contributed by atoms with Gasteiger partial charge in [-0.2, -0.15) is 19.3 Å². The summed E-state index contributed by atoms with van der Waals surface area (Å²) in [5.41, 5.74) is 0. The molecule has 0 saturated heterocycles. The van der Waals surface area contributed by atoms with Gasteiger partial charge in [-0.3, -0.25) is 0 Å². The van der Waals surface area contributed by atoms with E-state index < -0.39 is 17.9 Å². The second-order valence-corrected chi connectivity index (χ2v) is 2.05. The van der Waals surface area contributed by atoms with Gasteiger partial charge in [0.1, 0.15) is 5.92 Å². The molecule has 0 N–H and O–H groups in total. The molecule has 11 heavy (non-hydrogen) atoms. The predicted octanol–water partition coefficient (Wildman–Crippen LogP) is 2.07. The van der Waals surface area contributed by atoms with E-state index in [-0.39, 0.29) is 0 Å². The molecule has 2 nitrogen and oxygen atoms in total. The number of halogens is 2. The molecule has 0 aromatic carbocycles. The van der Waals surface area contributed by atoms with E-state index in [2.05, 4.69) is 0 Å². The summed E-state index contributed by atoms with van der Waals surface area (Å²) < 4.78 is 23.1. The third kappa shape index (κ3) is 3.32. The Morgan fingerprint density at radius 1 is 1.36 bits per heavy atom. The highest BCUT2D eigenvalue weighted by atomic mass is 19.3. The summed E-state index contributed by atoms with van der Waals surface area (Å²) in [6.07, 6.45) is -1.25. The van der Waals surface area contributed by atoms with Crippen LogP contribution in [0.4, 0.5) is 8.78 Å². The van der Waals surface area contributed by atoms with Crippen molar-refractivity contribution < 1.29 is 8.78 Å². The smallest absolute Gasteiger partial charge is 0.197 e. The fourth-order valence-corrected chi connectivity index (χ4v) is 0.559. The Balaban J connectivity index is 4.28. The van der Waals surface area contributed by atoms with Crippen LogP contribution in [-0.2, 0) is 0 Å². The van der Waals surface area contributed by atoms with Crippen LogP contribution in [-0.4, -0.2) is 0 Å². The molecule has 0 bridgehead atoms. The molecule has 0 fully saturated rings. The predicted molar refractivity (Wildman–Crippen MR) is 34.2 cm³/mol. The Kier molecular flexibility index (Phi) is 3.84. The van der Waals surface area contributed by atoms with Crippen LogP contribution in [0.5, 0.6) is 0 Å². The third-order valence-electron chi connectivity index (χ3n) is 1.19. The minimum absolute atomic E-state index is 0.608. The molecule has 58 valence electrons. The van der Waals surface area contributed by atoms with Crippen LogP contribution >= 0.6 is 0 Å². The highest BCUT2D eigenvalue weighted by Gasteiger charge is 2.14. The second kappa shape index (κ2) is 4.40. The minimum atomic E-state index is -1.85. The number of rotatable bonds is 2. The normalized spacial score (nSPS) is 11.5. The summed E-state index contributed by atoms with van der Waals surface area (Å²) in [4.78, 5) is 0. The highest BCUT2D eigenvalue weighted by Crippen LogP contribution is 2.14. The van der Waals surface area contributed by atoms with Crippen molar-refractivity contribution in [3.05, 3.63) is 12.2 Å². The average molecular weight is 156 g/mol. The Morgan fingerprint density at radius 3 is 2.09 bits per heavy atom. The summed E-state index contributed by atoms with van der Waals surface area (Å²) in [6.45, 7) is 1.40. The Labute approximate surface area is 63.4 Å². The lowest BCUT2D eigenvalue weighted by Crippen LogP contribution is -2.04. The first-order chi connectivity index (χ1) is 5.11.